The first-order valence-corrected chi connectivity index (χ1v) is 9.59. The third-order valence-electron chi connectivity index (χ3n) is 4.30. The zero-order valence-electron chi connectivity index (χ0n) is 13.0. The van der Waals surface area contributed by atoms with Crippen molar-refractivity contribution < 1.29 is 4.79 Å². The van der Waals surface area contributed by atoms with Gasteiger partial charge in [-0.1, -0.05) is 13.3 Å². The van der Waals surface area contributed by atoms with Crippen LogP contribution in [0, 0.1) is 5.92 Å². The summed E-state index contributed by atoms with van der Waals surface area (Å²) in [7, 11) is 1.64. The Hall–Kier alpha value is -0.880. The lowest BCUT2D eigenvalue weighted by Gasteiger charge is -2.28. The minimum atomic E-state index is -0.101. The van der Waals surface area contributed by atoms with Crippen molar-refractivity contribution in [2.75, 3.05) is 24.4 Å². The minimum absolute atomic E-state index is 0.101. The van der Waals surface area contributed by atoms with Gasteiger partial charge in [-0.05, 0) is 37.9 Å². The lowest BCUT2D eigenvalue weighted by Crippen LogP contribution is -2.25. The van der Waals surface area contributed by atoms with E-state index >= 15 is 0 Å². The lowest BCUT2D eigenvalue weighted by atomic mass is 9.84. The van der Waals surface area contributed by atoms with Crippen molar-refractivity contribution in [1.82, 2.24) is 5.32 Å². The number of nitrogen functional groups attached to an aromatic ring is 1. The average Bonchev–Trinajstić information content (AvgIpc) is 2.83. The fourth-order valence-electron chi connectivity index (χ4n) is 2.91. The molecule has 0 aromatic carbocycles. The highest BCUT2D eigenvalue weighted by Crippen LogP contribution is 2.43. The van der Waals surface area contributed by atoms with E-state index in [4.69, 9.17) is 5.73 Å². The lowest BCUT2D eigenvalue weighted by molar-refractivity contribution is 0.0968. The second-order valence-corrected chi connectivity index (χ2v) is 7.39. The Morgan fingerprint density at radius 1 is 1.38 bits per heavy atom. The van der Waals surface area contributed by atoms with Crippen LogP contribution in [0.4, 0.5) is 10.7 Å². The zero-order valence-corrected chi connectivity index (χ0v) is 14.6. The van der Waals surface area contributed by atoms with Crippen molar-refractivity contribution in [3.63, 3.8) is 0 Å². The molecule has 0 unspecified atom stereocenters. The third-order valence-corrected chi connectivity index (χ3v) is 6.39. The molecule has 1 aromatic rings. The number of carbonyl (C=O) groups is 1. The molecular formula is C15H25N3OS2. The van der Waals surface area contributed by atoms with E-state index in [1.807, 2.05) is 6.26 Å². The molecule has 0 radical (unpaired) electrons. The minimum Gasteiger partial charge on any atom is -0.396 e. The molecule has 4 N–H and O–H groups in total. The van der Waals surface area contributed by atoms with Crippen LogP contribution in [-0.2, 0) is 0 Å². The Bertz CT molecular complexity index is 493. The molecule has 2 rings (SSSR count). The maximum atomic E-state index is 11.9. The fraction of sp³-hybridized carbons (Fsp3) is 0.667. The molecule has 0 bridgehead atoms. The normalized spacial score (nSPS) is 22.0. The Kier molecular flexibility index (Phi) is 5.81. The molecule has 0 spiro atoms. The smallest absolute Gasteiger partial charge is 0.263 e. The van der Waals surface area contributed by atoms with E-state index in [0.717, 1.165) is 15.8 Å². The van der Waals surface area contributed by atoms with Crippen LogP contribution in [-0.4, -0.2) is 25.3 Å². The predicted molar refractivity (Wildman–Crippen MR) is 93.6 cm³/mol. The summed E-state index contributed by atoms with van der Waals surface area (Å²) in [5.74, 6) is 0.786. The summed E-state index contributed by atoms with van der Waals surface area (Å²) in [4.78, 5) is 13.5. The zero-order chi connectivity index (χ0) is 15.4. The Morgan fingerprint density at radius 3 is 2.57 bits per heavy atom. The molecule has 4 nitrogen and oxygen atoms in total. The third kappa shape index (κ3) is 3.66. The summed E-state index contributed by atoms with van der Waals surface area (Å²) in [5.41, 5.74) is 6.74. The van der Waals surface area contributed by atoms with E-state index < -0.39 is 0 Å². The highest BCUT2D eigenvalue weighted by molar-refractivity contribution is 7.99. The number of rotatable bonds is 5. The van der Waals surface area contributed by atoms with Gasteiger partial charge in [-0.3, -0.25) is 4.79 Å². The van der Waals surface area contributed by atoms with Crippen LogP contribution < -0.4 is 16.4 Å². The summed E-state index contributed by atoms with van der Waals surface area (Å²) >= 11 is 3.08. The van der Waals surface area contributed by atoms with Gasteiger partial charge in [-0.2, -0.15) is 0 Å². The molecule has 1 amide bonds. The molecule has 21 heavy (non-hydrogen) atoms. The van der Waals surface area contributed by atoms with Gasteiger partial charge in [-0.25, -0.2) is 0 Å². The van der Waals surface area contributed by atoms with Crippen molar-refractivity contribution in [2.24, 2.45) is 5.92 Å². The Balaban J connectivity index is 2.11. The standard InChI is InChI=1S/C15H25N3OS2/c1-4-9-5-7-10(8-6-9)18-15-13(20-3)11(16)12(21-15)14(19)17-2/h9-10,18H,4-8,16H2,1-3H3,(H,17,19). The molecular weight excluding hydrogens is 302 g/mol. The van der Waals surface area contributed by atoms with Crippen LogP contribution in [0.3, 0.4) is 0 Å². The molecule has 1 fully saturated rings. The monoisotopic (exact) mass is 327 g/mol. The maximum Gasteiger partial charge on any atom is 0.263 e. The Morgan fingerprint density at radius 2 is 2.05 bits per heavy atom. The second-order valence-electron chi connectivity index (χ2n) is 5.56. The number of hydrogen-bond donors (Lipinski definition) is 3. The highest BCUT2D eigenvalue weighted by Gasteiger charge is 2.24. The molecule has 118 valence electrons. The summed E-state index contributed by atoms with van der Waals surface area (Å²) in [6.07, 6.45) is 8.30. The van der Waals surface area contributed by atoms with E-state index in [-0.39, 0.29) is 5.91 Å². The molecule has 1 aromatic heterocycles. The van der Waals surface area contributed by atoms with Gasteiger partial charge < -0.3 is 16.4 Å². The van der Waals surface area contributed by atoms with Gasteiger partial charge in [0.2, 0.25) is 0 Å². The van der Waals surface area contributed by atoms with Crippen LogP contribution in [0.2, 0.25) is 0 Å². The molecule has 1 aliphatic rings. The van der Waals surface area contributed by atoms with Crippen LogP contribution >= 0.6 is 23.1 Å². The quantitative estimate of drug-likeness (QED) is 0.720. The number of hydrogen-bond acceptors (Lipinski definition) is 5. The van der Waals surface area contributed by atoms with E-state index in [1.54, 1.807) is 18.8 Å². The largest absolute Gasteiger partial charge is 0.396 e. The number of amides is 1. The van der Waals surface area contributed by atoms with Gasteiger partial charge >= 0.3 is 0 Å². The topological polar surface area (TPSA) is 67.2 Å². The van der Waals surface area contributed by atoms with Crippen molar-refractivity contribution in [2.45, 2.75) is 50.0 Å². The van der Waals surface area contributed by atoms with Gasteiger partial charge in [0.05, 0.1) is 10.6 Å². The molecule has 0 atom stereocenters. The first-order chi connectivity index (χ1) is 10.1. The number of thioether (sulfide) groups is 1. The van der Waals surface area contributed by atoms with Crippen molar-refractivity contribution in [1.29, 1.82) is 0 Å². The van der Waals surface area contributed by atoms with Gasteiger partial charge in [0.15, 0.2) is 0 Å². The molecule has 0 aliphatic heterocycles. The van der Waals surface area contributed by atoms with Crippen LogP contribution in [0.5, 0.6) is 0 Å². The van der Waals surface area contributed by atoms with Crippen molar-refractivity contribution in [3.05, 3.63) is 4.88 Å². The van der Waals surface area contributed by atoms with E-state index in [9.17, 15) is 4.79 Å². The highest BCUT2D eigenvalue weighted by atomic mass is 32.2. The van der Waals surface area contributed by atoms with Gasteiger partial charge in [0.25, 0.3) is 5.91 Å². The van der Waals surface area contributed by atoms with E-state index in [2.05, 4.69) is 17.6 Å². The second kappa shape index (κ2) is 7.40. The van der Waals surface area contributed by atoms with E-state index in [1.165, 1.54) is 43.4 Å². The summed E-state index contributed by atoms with van der Waals surface area (Å²) < 4.78 is 0. The predicted octanol–water partition coefficient (Wildman–Crippen LogP) is 3.79. The number of anilines is 2. The van der Waals surface area contributed by atoms with Gasteiger partial charge in [0.1, 0.15) is 9.88 Å². The summed E-state index contributed by atoms with van der Waals surface area (Å²) in [5, 5.41) is 7.34. The van der Waals surface area contributed by atoms with Crippen LogP contribution in [0.1, 0.15) is 48.7 Å². The summed E-state index contributed by atoms with van der Waals surface area (Å²) in [6.45, 7) is 2.28. The van der Waals surface area contributed by atoms with Crippen LogP contribution in [0.25, 0.3) is 0 Å². The molecule has 0 saturated heterocycles. The molecule has 1 aliphatic carbocycles. The first kappa shape index (κ1) is 16.5. The first-order valence-electron chi connectivity index (χ1n) is 7.55. The number of thiophene rings is 1. The van der Waals surface area contributed by atoms with Crippen molar-refractivity contribution >= 4 is 39.7 Å². The number of nitrogens with one attached hydrogen (secondary N) is 2. The molecule has 6 heteroatoms. The number of carbonyl (C=O) groups excluding carboxylic acids is 1. The molecule has 1 saturated carbocycles. The number of nitrogens with two attached hydrogens (primary N) is 1. The average molecular weight is 328 g/mol. The van der Waals surface area contributed by atoms with Gasteiger partial charge in [0, 0.05) is 13.1 Å². The van der Waals surface area contributed by atoms with Crippen LogP contribution in [0.15, 0.2) is 4.90 Å². The summed E-state index contributed by atoms with van der Waals surface area (Å²) in [6, 6.07) is 0.509. The van der Waals surface area contributed by atoms with Crippen molar-refractivity contribution in [3.8, 4) is 0 Å². The fourth-order valence-corrected chi connectivity index (χ4v) is 4.95. The maximum absolute atomic E-state index is 11.9. The SMILES string of the molecule is CCC1CCC(Nc2sc(C(=O)NC)c(N)c2SC)CC1. The van der Waals surface area contributed by atoms with Gasteiger partial charge in [-0.15, -0.1) is 23.1 Å². The molecule has 1 heterocycles. The van der Waals surface area contributed by atoms with E-state index in [0.29, 0.717) is 16.6 Å². The Labute approximate surface area is 135 Å².